The van der Waals surface area contributed by atoms with Crippen molar-refractivity contribution in [3.63, 3.8) is 0 Å². The van der Waals surface area contributed by atoms with E-state index in [1.165, 1.54) is 5.56 Å². The highest BCUT2D eigenvalue weighted by molar-refractivity contribution is 6.09. The van der Waals surface area contributed by atoms with Gasteiger partial charge >= 0.3 is 5.97 Å². The fraction of sp³-hybridized carbons (Fsp3) is 0.394. The predicted octanol–water partition coefficient (Wildman–Crippen LogP) is 6.98. The zero-order chi connectivity index (χ0) is 26.5. The molecule has 0 radical (unpaired) electrons. The molecule has 3 aromatic rings. The van der Waals surface area contributed by atoms with E-state index in [4.69, 9.17) is 4.74 Å². The summed E-state index contributed by atoms with van der Waals surface area (Å²) >= 11 is 0. The number of esters is 1. The highest BCUT2D eigenvalue weighted by Crippen LogP contribution is 2.40. The lowest BCUT2D eigenvalue weighted by molar-refractivity contribution is -0.161. The first kappa shape index (κ1) is 26.8. The molecule has 4 rings (SSSR count). The minimum atomic E-state index is -0.589. The lowest BCUT2D eigenvalue weighted by Crippen LogP contribution is -2.39. The van der Waals surface area contributed by atoms with E-state index in [-0.39, 0.29) is 23.8 Å². The van der Waals surface area contributed by atoms with Gasteiger partial charge in [-0.1, -0.05) is 93.1 Å². The van der Waals surface area contributed by atoms with Crippen LogP contribution in [0.5, 0.6) is 0 Å². The Morgan fingerprint density at radius 1 is 0.892 bits per heavy atom. The van der Waals surface area contributed by atoms with Crippen molar-refractivity contribution in [1.82, 2.24) is 4.90 Å². The molecule has 4 nitrogen and oxygen atoms in total. The maximum absolute atomic E-state index is 13.8. The number of likely N-dealkylation sites (N-methyl/N-ethyl adjacent to an activating group) is 1. The molecular weight excluding hydrogens is 458 g/mol. The van der Waals surface area contributed by atoms with Gasteiger partial charge in [0.25, 0.3) is 0 Å². The van der Waals surface area contributed by atoms with Crippen molar-refractivity contribution in [2.75, 3.05) is 14.1 Å². The van der Waals surface area contributed by atoms with Gasteiger partial charge < -0.3 is 4.74 Å². The minimum absolute atomic E-state index is 0.0504. The molecule has 0 aliphatic heterocycles. The molecule has 1 saturated carbocycles. The molecule has 0 amide bonds. The van der Waals surface area contributed by atoms with Gasteiger partial charge in [0.2, 0.25) is 0 Å². The van der Waals surface area contributed by atoms with Gasteiger partial charge in [0, 0.05) is 17.0 Å². The summed E-state index contributed by atoms with van der Waals surface area (Å²) in [5.41, 5.74) is 4.28. The molecule has 1 aliphatic carbocycles. The maximum atomic E-state index is 13.8. The highest BCUT2D eigenvalue weighted by atomic mass is 16.5. The number of hydrogen-bond acceptors (Lipinski definition) is 4. The van der Waals surface area contributed by atoms with Gasteiger partial charge in [0.1, 0.15) is 12.1 Å². The van der Waals surface area contributed by atoms with Crippen molar-refractivity contribution < 1.29 is 14.3 Å². The Bertz CT molecular complexity index is 1200. The Morgan fingerprint density at radius 3 is 2.19 bits per heavy atom. The van der Waals surface area contributed by atoms with Crippen LogP contribution in [-0.2, 0) is 9.53 Å². The molecule has 1 aliphatic rings. The second kappa shape index (κ2) is 11.9. The van der Waals surface area contributed by atoms with E-state index in [1.807, 2.05) is 80.5 Å². The number of hydrogen-bond donors (Lipinski definition) is 0. The Balaban J connectivity index is 1.60. The topological polar surface area (TPSA) is 46.6 Å². The summed E-state index contributed by atoms with van der Waals surface area (Å²) in [6.45, 7) is 6.48. The average molecular weight is 498 g/mol. The summed E-state index contributed by atoms with van der Waals surface area (Å²) in [5, 5.41) is 0. The molecule has 37 heavy (non-hydrogen) atoms. The van der Waals surface area contributed by atoms with Crippen molar-refractivity contribution >= 4 is 11.8 Å². The third-order valence-electron chi connectivity index (χ3n) is 7.95. The normalized spacial score (nSPS) is 21.3. The van der Waals surface area contributed by atoms with Gasteiger partial charge in [-0.25, -0.2) is 4.79 Å². The molecule has 0 unspecified atom stereocenters. The van der Waals surface area contributed by atoms with Crippen LogP contribution in [0.4, 0.5) is 0 Å². The van der Waals surface area contributed by atoms with E-state index < -0.39 is 6.04 Å². The van der Waals surface area contributed by atoms with Crippen LogP contribution in [0.25, 0.3) is 0 Å². The molecule has 1 fully saturated rings. The average Bonchev–Trinajstić information content (AvgIpc) is 2.90. The Morgan fingerprint density at radius 2 is 1.54 bits per heavy atom. The summed E-state index contributed by atoms with van der Waals surface area (Å²) in [5.74, 6) is 0.797. The van der Waals surface area contributed by atoms with Gasteiger partial charge in [0.15, 0.2) is 5.78 Å². The molecule has 4 heteroatoms. The zero-order valence-electron chi connectivity index (χ0n) is 22.7. The quantitative estimate of drug-likeness (QED) is 0.249. The van der Waals surface area contributed by atoms with Crippen molar-refractivity contribution in [2.24, 2.45) is 11.8 Å². The number of benzene rings is 3. The molecule has 3 aromatic carbocycles. The van der Waals surface area contributed by atoms with Crippen molar-refractivity contribution in [2.45, 2.75) is 58.1 Å². The van der Waals surface area contributed by atoms with Gasteiger partial charge in [-0.2, -0.15) is 0 Å². The Labute approximate surface area is 221 Å². The van der Waals surface area contributed by atoms with Crippen LogP contribution in [0, 0.1) is 18.8 Å². The van der Waals surface area contributed by atoms with Crippen LogP contribution in [0.15, 0.2) is 78.9 Å². The molecule has 5 atom stereocenters. The summed E-state index contributed by atoms with van der Waals surface area (Å²) in [7, 11) is 3.79. The van der Waals surface area contributed by atoms with E-state index in [1.54, 1.807) is 0 Å². The Hall–Kier alpha value is -3.24. The smallest absolute Gasteiger partial charge is 0.328 e. The lowest BCUT2D eigenvalue weighted by atomic mass is 9.73. The van der Waals surface area contributed by atoms with Gasteiger partial charge in [-0.05, 0) is 68.5 Å². The van der Waals surface area contributed by atoms with Crippen molar-refractivity contribution in [3.05, 3.63) is 107 Å². The minimum Gasteiger partial charge on any atom is -0.461 e. The molecule has 0 heterocycles. The van der Waals surface area contributed by atoms with Crippen LogP contribution in [0.2, 0.25) is 0 Å². The van der Waals surface area contributed by atoms with Gasteiger partial charge in [0.05, 0.1) is 0 Å². The molecule has 0 spiro atoms. The van der Waals surface area contributed by atoms with E-state index in [2.05, 4.69) is 38.1 Å². The standard InChI is InChI=1S/C33H39NO3/c1-22-16-19-28(24(3)25-12-8-6-9-13-25)30(20-22)37-33(36)31(34(4)5)29-21-27(18-17-23(29)2)32(35)26-14-10-7-11-15-26/h6-15,17-18,21-22,24,28,30-31H,16,19-20H2,1-5H3/t22-,24-,28+,30-,31-/m1/s1. The van der Waals surface area contributed by atoms with Crippen LogP contribution >= 0.6 is 0 Å². The van der Waals surface area contributed by atoms with Gasteiger partial charge in [-0.3, -0.25) is 9.69 Å². The number of ketones is 1. The zero-order valence-corrected chi connectivity index (χ0v) is 22.7. The number of carbonyl (C=O) groups excluding carboxylic acids is 2. The SMILES string of the molecule is Cc1ccc(C(=O)c2ccccc2)cc1[C@H](C(=O)O[C@@H]1C[C@H](C)CC[C@H]1[C@H](C)c1ccccc1)N(C)C. The molecular formula is C33H39NO3. The number of carbonyl (C=O) groups is 2. The summed E-state index contributed by atoms with van der Waals surface area (Å²) < 4.78 is 6.37. The molecule has 0 aromatic heterocycles. The largest absolute Gasteiger partial charge is 0.461 e. The first-order chi connectivity index (χ1) is 17.8. The number of aryl methyl sites for hydroxylation is 1. The lowest BCUT2D eigenvalue weighted by Gasteiger charge is -2.39. The molecule has 0 bridgehead atoms. The number of rotatable bonds is 8. The monoisotopic (exact) mass is 497 g/mol. The van der Waals surface area contributed by atoms with Gasteiger partial charge in [-0.15, -0.1) is 0 Å². The second-order valence-electron chi connectivity index (χ2n) is 10.9. The molecule has 0 saturated heterocycles. The summed E-state index contributed by atoms with van der Waals surface area (Å²) in [4.78, 5) is 28.9. The van der Waals surface area contributed by atoms with Crippen LogP contribution in [0.1, 0.15) is 77.7 Å². The van der Waals surface area contributed by atoms with E-state index in [0.717, 1.165) is 30.4 Å². The summed E-state index contributed by atoms with van der Waals surface area (Å²) in [6, 6.07) is 24.8. The third-order valence-corrected chi connectivity index (χ3v) is 7.95. The maximum Gasteiger partial charge on any atom is 0.328 e. The molecule has 194 valence electrons. The first-order valence-corrected chi connectivity index (χ1v) is 13.4. The van der Waals surface area contributed by atoms with E-state index in [0.29, 0.717) is 23.0 Å². The van der Waals surface area contributed by atoms with Crippen molar-refractivity contribution in [1.29, 1.82) is 0 Å². The predicted molar refractivity (Wildman–Crippen MR) is 149 cm³/mol. The fourth-order valence-corrected chi connectivity index (χ4v) is 5.73. The fourth-order valence-electron chi connectivity index (χ4n) is 5.73. The summed E-state index contributed by atoms with van der Waals surface area (Å²) in [6.07, 6.45) is 2.93. The van der Waals surface area contributed by atoms with E-state index in [9.17, 15) is 9.59 Å². The van der Waals surface area contributed by atoms with Crippen LogP contribution in [-0.4, -0.2) is 36.9 Å². The Kier molecular flexibility index (Phi) is 8.60. The van der Waals surface area contributed by atoms with Crippen LogP contribution < -0.4 is 0 Å². The van der Waals surface area contributed by atoms with Crippen LogP contribution in [0.3, 0.4) is 0 Å². The highest BCUT2D eigenvalue weighted by Gasteiger charge is 2.38. The first-order valence-electron chi connectivity index (χ1n) is 13.4. The number of ether oxygens (including phenoxy) is 1. The van der Waals surface area contributed by atoms with E-state index >= 15 is 0 Å². The number of nitrogens with zero attached hydrogens (tertiary/aromatic N) is 1. The third kappa shape index (κ3) is 6.19. The molecule has 0 N–H and O–H groups in total. The second-order valence-corrected chi connectivity index (χ2v) is 10.9. The van der Waals surface area contributed by atoms with Crippen molar-refractivity contribution in [3.8, 4) is 0 Å².